The summed E-state index contributed by atoms with van der Waals surface area (Å²) in [7, 11) is 0. The van der Waals surface area contributed by atoms with Crippen LogP contribution in [0.25, 0.3) is 10.8 Å². The number of aryl methyl sites for hydroxylation is 1. The molecule has 0 saturated carbocycles. The zero-order valence-electron chi connectivity index (χ0n) is 15.3. The van der Waals surface area contributed by atoms with Crippen LogP contribution in [-0.2, 0) is 0 Å². The number of amides is 1. The van der Waals surface area contributed by atoms with Crippen LogP contribution in [0.15, 0.2) is 59.6 Å². The fourth-order valence-corrected chi connectivity index (χ4v) is 2.84. The predicted octanol–water partition coefficient (Wildman–Crippen LogP) is 3.80. The monoisotopic (exact) mass is 362 g/mol. The second-order valence-electron chi connectivity index (χ2n) is 6.58. The summed E-state index contributed by atoms with van der Waals surface area (Å²) in [6, 6.07) is 16.0. The Morgan fingerprint density at radius 2 is 1.89 bits per heavy atom. The van der Waals surface area contributed by atoms with Gasteiger partial charge in [0.25, 0.3) is 5.91 Å². The number of nitrogens with zero attached hydrogens (tertiary/aromatic N) is 1. The largest absolute Gasteiger partial charge is 0.507 e. The molecule has 0 heterocycles. The van der Waals surface area contributed by atoms with Gasteiger partial charge in [-0.25, -0.2) is 0 Å². The molecule has 0 aliphatic carbocycles. The van der Waals surface area contributed by atoms with Gasteiger partial charge in [0, 0.05) is 18.3 Å². The van der Waals surface area contributed by atoms with Crippen LogP contribution in [0.2, 0.25) is 0 Å². The van der Waals surface area contributed by atoms with Crippen LogP contribution in [0.1, 0.15) is 28.4 Å². The lowest BCUT2D eigenvalue weighted by Gasteiger charge is -2.11. The summed E-state index contributed by atoms with van der Waals surface area (Å²) < 4.78 is 0. The van der Waals surface area contributed by atoms with Crippen LogP contribution in [0.5, 0.6) is 11.5 Å². The standard InChI is InChI=1S/C22H22N2O3/c1-14-7-9-18(21(26)11-14)22(27)24-12-15(2)23-13-19-17-6-4-3-5-16(17)8-10-20(19)25/h3-11,13,15,25-26H,12H2,1-2H3,(H,24,27). The molecule has 1 amide bonds. The Balaban J connectivity index is 1.68. The topological polar surface area (TPSA) is 81.9 Å². The van der Waals surface area contributed by atoms with Crippen molar-refractivity contribution in [2.75, 3.05) is 6.54 Å². The van der Waals surface area contributed by atoms with Crippen LogP contribution >= 0.6 is 0 Å². The van der Waals surface area contributed by atoms with Crippen molar-refractivity contribution in [2.45, 2.75) is 19.9 Å². The SMILES string of the molecule is Cc1ccc(C(=O)NCC(C)N=Cc2c(O)ccc3ccccc23)c(O)c1. The molecule has 3 aromatic rings. The second-order valence-corrected chi connectivity index (χ2v) is 6.58. The smallest absolute Gasteiger partial charge is 0.255 e. The molecule has 138 valence electrons. The Morgan fingerprint density at radius 3 is 2.67 bits per heavy atom. The van der Waals surface area contributed by atoms with E-state index in [9.17, 15) is 15.0 Å². The third kappa shape index (κ3) is 4.26. The Bertz CT molecular complexity index is 1010. The predicted molar refractivity (Wildman–Crippen MR) is 108 cm³/mol. The first-order valence-electron chi connectivity index (χ1n) is 8.77. The first kappa shape index (κ1) is 18.5. The van der Waals surface area contributed by atoms with E-state index in [4.69, 9.17) is 0 Å². The lowest BCUT2D eigenvalue weighted by atomic mass is 10.0. The van der Waals surface area contributed by atoms with Crippen LogP contribution < -0.4 is 5.32 Å². The van der Waals surface area contributed by atoms with E-state index in [-0.39, 0.29) is 29.0 Å². The molecule has 0 aromatic heterocycles. The molecule has 1 atom stereocenters. The lowest BCUT2D eigenvalue weighted by Crippen LogP contribution is -2.30. The second kappa shape index (κ2) is 7.91. The molecular weight excluding hydrogens is 340 g/mol. The number of nitrogens with one attached hydrogen (secondary N) is 1. The molecule has 3 aromatic carbocycles. The van der Waals surface area contributed by atoms with Crippen molar-refractivity contribution in [3.8, 4) is 11.5 Å². The highest BCUT2D eigenvalue weighted by Gasteiger charge is 2.12. The highest BCUT2D eigenvalue weighted by atomic mass is 16.3. The number of aromatic hydroxyl groups is 2. The van der Waals surface area contributed by atoms with E-state index in [1.54, 1.807) is 30.5 Å². The summed E-state index contributed by atoms with van der Waals surface area (Å²) in [5, 5.41) is 24.8. The molecule has 5 heteroatoms. The molecule has 3 N–H and O–H groups in total. The van der Waals surface area contributed by atoms with Crippen LogP contribution in [0.4, 0.5) is 0 Å². The van der Waals surface area contributed by atoms with E-state index in [1.165, 1.54) is 0 Å². The molecule has 5 nitrogen and oxygen atoms in total. The Morgan fingerprint density at radius 1 is 1.11 bits per heavy atom. The van der Waals surface area contributed by atoms with Crippen molar-refractivity contribution >= 4 is 22.9 Å². The molecule has 1 unspecified atom stereocenters. The minimum atomic E-state index is -0.345. The fraction of sp³-hybridized carbons (Fsp3) is 0.182. The maximum atomic E-state index is 12.2. The van der Waals surface area contributed by atoms with Gasteiger partial charge in [0.1, 0.15) is 11.5 Å². The maximum absolute atomic E-state index is 12.2. The Kier molecular flexibility index (Phi) is 5.41. The van der Waals surface area contributed by atoms with Gasteiger partial charge in [0.05, 0.1) is 11.6 Å². The lowest BCUT2D eigenvalue weighted by molar-refractivity contribution is 0.0949. The average molecular weight is 362 g/mol. The highest BCUT2D eigenvalue weighted by molar-refractivity contribution is 6.02. The molecule has 0 fully saturated rings. The zero-order valence-corrected chi connectivity index (χ0v) is 15.3. The van der Waals surface area contributed by atoms with Crippen molar-refractivity contribution in [3.05, 3.63) is 71.3 Å². The number of rotatable bonds is 5. The van der Waals surface area contributed by atoms with Crippen LogP contribution in [0.3, 0.4) is 0 Å². The molecule has 3 rings (SSSR count). The van der Waals surface area contributed by atoms with Crippen LogP contribution in [-0.4, -0.2) is 34.9 Å². The number of phenols is 2. The summed E-state index contributed by atoms with van der Waals surface area (Å²) in [6.45, 7) is 4.03. The molecule has 27 heavy (non-hydrogen) atoms. The summed E-state index contributed by atoms with van der Waals surface area (Å²) in [4.78, 5) is 16.7. The first-order chi connectivity index (χ1) is 13.0. The third-order valence-electron chi connectivity index (χ3n) is 4.36. The molecule has 0 aliphatic heterocycles. The molecule has 0 saturated heterocycles. The quantitative estimate of drug-likeness (QED) is 0.604. The van der Waals surface area contributed by atoms with E-state index in [0.29, 0.717) is 12.1 Å². The maximum Gasteiger partial charge on any atom is 0.255 e. The summed E-state index contributed by atoms with van der Waals surface area (Å²) in [5.74, 6) is -0.217. The molecular formula is C22H22N2O3. The third-order valence-corrected chi connectivity index (χ3v) is 4.36. The van der Waals surface area contributed by atoms with Crippen molar-refractivity contribution in [2.24, 2.45) is 4.99 Å². The number of benzene rings is 3. The Labute approximate surface area is 158 Å². The van der Waals surface area contributed by atoms with Gasteiger partial charge in [0.15, 0.2) is 0 Å². The van der Waals surface area contributed by atoms with Crippen molar-refractivity contribution < 1.29 is 15.0 Å². The average Bonchev–Trinajstić information content (AvgIpc) is 2.65. The normalized spacial score (nSPS) is 12.4. The van der Waals surface area contributed by atoms with Gasteiger partial charge >= 0.3 is 0 Å². The van der Waals surface area contributed by atoms with E-state index < -0.39 is 0 Å². The van der Waals surface area contributed by atoms with E-state index in [1.807, 2.05) is 44.2 Å². The number of hydrogen-bond acceptors (Lipinski definition) is 4. The highest BCUT2D eigenvalue weighted by Crippen LogP contribution is 2.25. The van der Waals surface area contributed by atoms with Gasteiger partial charge in [-0.3, -0.25) is 9.79 Å². The molecule has 0 aliphatic rings. The Hall–Kier alpha value is -3.34. The van der Waals surface area contributed by atoms with Crippen molar-refractivity contribution in [1.29, 1.82) is 0 Å². The number of phenolic OH excluding ortho intramolecular Hbond substituents is 2. The zero-order chi connectivity index (χ0) is 19.4. The minimum absolute atomic E-state index is 0.0377. The molecule has 0 bridgehead atoms. The van der Waals surface area contributed by atoms with Gasteiger partial charge in [-0.15, -0.1) is 0 Å². The van der Waals surface area contributed by atoms with Gasteiger partial charge < -0.3 is 15.5 Å². The number of carbonyl (C=O) groups is 1. The van der Waals surface area contributed by atoms with Gasteiger partial charge in [-0.2, -0.15) is 0 Å². The van der Waals surface area contributed by atoms with Crippen LogP contribution in [0, 0.1) is 6.92 Å². The van der Waals surface area contributed by atoms with Crippen molar-refractivity contribution in [1.82, 2.24) is 5.32 Å². The number of carbonyl (C=O) groups excluding carboxylic acids is 1. The number of fused-ring (bicyclic) bond motifs is 1. The van der Waals surface area contributed by atoms with Gasteiger partial charge in [-0.1, -0.05) is 36.4 Å². The summed E-state index contributed by atoms with van der Waals surface area (Å²) >= 11 is 0. The van der Waals surface area contributed by atoms with Gasteiger partial charge in [0.2, 0.25) is 0 Å². The fourth-order valence-electron chi connectivity index (χ4n) is 2.84. The minimum Gasteiger partial charge on any atom is -0.507 e. The number of hydrogen-bond donors (Lipinski definition) is 3. The van der Waals surface area contributed by atoms with E-state index in [2.05, 4.69) is 10.3 Å². The van der Waals surface area contributed by atoms with E-state index in [0.717, 1.165) is 16.3 Å². The number of aliphatic imine (C=N–C) groups is 1. The van der Waals surface area contributed by atoms with E-state index >= 15 is 0 Å². The van der Waals surface area contributed by atoms with Gasteiger partial charge in [-0.05, 0) is 48.4 Å². The molecule has 0 spiro atoms. The summed E-state index contributed by atoms with van der Waals surface area (Å²) in [5.41, 5.74) is 1.78. The first-order valence-corrected chi connectivity index (χ1v) is 8.77. The molecule has 0 radical (unpaired) electrons. The summed E-state index contributed by atoms with van der Waals surface area (Å²) in [6.07, 6.45) is 1.64. The van der Waals surface area contributed by atoms with Crippen molar-refractivity contribution in [3.63, 3.8) is 0 Å².